The first kappa shape index (κ1) is 9.18. The van der Waals surface area contributed by atoms with Gasteiger partial charge in [-0.1, -0.05) is 6.58 Å². The highest BCUT2D eigenvalue weighted by Crippen LogP contribution is 2.19. The maximum absolute atomic E-state index is 10.7. The van der Waals surface area contributed by atoms with Gasteiger partial charge in [-0.2, -0.15) is 0 Å². The molecule has 1 saturated heterocycles. The standard InChI is InChI=1S/C7H10O5/c1-3-4(2-8)12-7(11)6(10)5(3)9/h4-6,8-10H,1-2H2. The van der Waals surface area contributed by atoms with Crippen LogP contribution in [0.2, 0.25) is 0 Å². The molecule has 0 saturated carbocycles. The van der Waals surface area contributed by atoms with Crippen molar-refractivity contribution >= 4 is 5.97 Å². The SMILES string of the molecule is C=C1C(CO)OC(=O)C(O)C1O. The number of hydrogen-bond donors (Lipinski definition) is 3. The number of aliphatic hydroxyl groups excluding tert-OH is 3. The summed E-state index contributed by atoms with van der Waals surface area (Å²) in [6.07, 6.45) is -3.83. The first-order valence-corrected chi connectivity index (χ1v) is 3.44. The normalized spacial score (nSPS) is 36.4. The number of aliphatic hydroxyl groups is 3. The molecule has 1 aliphatic rings. The molecule has 0 bridgehead atoms. The van der Waals surface area contributed by atoms with E-state index in [0.29, 0.717) is 0 Å². The molecule has 0 radical (unpaired) electrons. The lowest BCUT2D eigenvalue weighted by molar-refractivity contribution is -0.172. The topological polar surface area (TPSA) is 87.0 Å². The van der Waals surface area contributed by atoms with Crippen LogP contribution < -0.4 is 0 Å². The van der Waals surface area contributed by atoms with Gasteiger partial charge in [0.25, 0.3) is 0 Å². The van der Waals surface area contributed by atoms with Crippen LogP contribution in [0.4, 0.5) is 0 Å². The minimum Gasteiger partial charge on any atom is -0.453 e. The molecule has 0 amide bonds. The molecule has 5 nitrogen and oxygen atoms in total. The molecule has 1 rings (SSSR count). The van der Waals surface area contributed by atoms with E-state index in [-0.39, 0.29) is 5.57 Å². The molecular formula is C7H10O5. The predicted octanol–water partition coefficient (Wildman–Crippen LogP) is -1.82. The average molecular weight is 174 g/mol. The van der Waals surface area contributed by atoms with Gasteiger partial charge in [-0.05, 0) is 5.57 Å². The summed E-state index contributed by atoms with van der Waals surface area (Å²) in [7, 11) is 0. The lowest BCUT2D eigenvalue weighted by atomic mass is 9.98. The molecule has 0 aromatic rings. The number of hydrogen-bond acceptors (Lipinski definition) is 5. The van der Waals surface area contributed by atoms with Gasteiger partial charge in [0.15, 0.2) is 6.10 Å². The molecule has 3 unspecified atom stereocenters. The molecule has 0 aromatic carbocycles. The van der Waals surface area contributed by atoms with Gasteiger partial charge >= 0.3 is 5.97 Å². The Hall–Kier alpha value is -0.910. The zero-order chi connectivity index (χ0) is 9.30. The summed E-state index contributed by atoms with van der Waals surface area (Å²) in [6.45, 7) is 2.95. The van der Waals surface area contributed by atoms with E-state index in [1.807, 2.05) is 0 Å². The van der Waals surface area contributed by atoms with Crippen LogP contribution in [0.25, 0.3) is 0 Å². The van der Waals surface area contributed by atoms with Crippen molar-refractivity contribution in [2.75, 3.05) is 6.61 Å². The Labute approximate surface area is 68.9 Å². The van der Waals surface area contributed by atoms with Crippen molar-refractivity contribution in [3.8, 4) is 0 Å². The highest BCUT2D eigenvalue weighted by atomic mass is 16.6. The van der Waals surface area contributed by atoms with Crippen LogP contribution in [0.15, 0.2) is 12.2 Å². The summed E-state index contributed by atoms with van der Waals surface area (Å²) < 4.78 is 4.53. The van der Waals surface area contributed by atoms with Crippen LogP contribution in [-0.4, -0.2) is 46.2 Å². The Kier molecular flexibility index (Phi) is 2.46. The van der Waals surface area contributed by atoms with E-state index in [1.165, 1.54) is 0 Å². The third kappa shape index (κ3) is 1.34. The van der Waals surface area contributed by atoms with Crippen molar-refractivity contribution in [3.63, 3.8) is 0 Å². The van der Waals surface area contributed by atoms with Gasteiger partial charge in [0.1, 0.15) is 12.2 Å². The van der Waals surface area contributed by atoms with Gasteiger partial charge in [0.2, 0.25) is 0 Å². The highest BCUT2D eigenvalue weighted by Gasteiger charge is 2.38. The molecule has 1 heterocycles. The first-order valence-electron chi connectivity index (χ1n) is 3.44. The molecule has 0 spiro atoms. The molecule has 3 atom stereocenters. The van der Waals surface area contributed by atoms with E-state index in [1.54, 1.807) is 0 Å². The van der Waals surface area contributed by atoms with Crippen molar-refractivity contribution in [2.45, 2.75) is 18.3 Å². The van der Waals surface area contributed by atoms with Crippen molar-refractivity contribution in [1.82, 2.24) is 0 Å². The maximum Gasteiger partial charge on any atom is 0.338 e. The summed E-state index contributed by atoms with van der Waals surface area (Å²) >= 11 is 0. The largest absolute Gasteiger partial charge is 0.453 e. The third-order valence-electron chi connectivity index (χ3n) is 1.76. The average Bonchev–Trinajstić information content (AvgIpc) is 2.08. The third-order valence-corrected chi connectivity index (χ3v) is 1.76. The van der Waals surface area contributed by atoms with Crippen LogP contribution in [-0.2, 0) is 9.53 Å². The number of carbonyl (C=O) groups is 1. The Morgan fingerprint density at radius 2 is 2.00 bits per heavy atom. The molecule has 1 fully saturated rings. The van der Waals surface area contributed by atoms with E-state index in [2.05, 4.69) is 11.3 Å². The first-order chi connectivity index (χ1) is 5.57. The van der Waals surface area contributed by atoms with E-state index in [9.17, 15) is 4.79 Å². The highest BCUT2D eigenvalue weighted by molar-refractivity contribution is 5.77. The molecule has 68 valence electrons. The second kappa shape index (κ2) is 3.22. The van der Waals surface area contributed by atoms with Gasteiger partial charge < -0.3 is 20.1 Å². The summed E-state index contributed by atoms with van der Waals surface area (Å²) in [5.74, 6) is -0.936. The zero-order valence-corrected chi connectivity index (χ0v) is 6.30. The van der Waals surface area contributed by atoms with Gasteiger partial charge in [0, 0.05) is 0 Å². The van der Waals surface area contributed by atoms with Gasteiger partial charge in [-0.25, -0.2) is 4.79 Å². The fourth-order valence-corrected chi connectivity index (χ4v) is 0.962. The zero-order valence-electron chi connectivity index (χ0n) is 6.30. The van der Waals surface area contributed by atoms with Crippen LogP contribution in [0, 0.1) is 0 Å². The van der Waals surface area contributed by atoms with Gasteiger partial charge in [-0.3, -0.25) is 0 Å². The molecule has 3 N–H and O–H groups in total. The maximum atomic E-state index is 10.7. The van der Waals surface area contributed by atoms with Crippen molar-refractivity contribution in [3.05, 3.63) is 12.2 Å². The Balaban J connectivity index is 2.77. The number of cyclic esters (lactones) is 1. The van der Waals surface area contributed by atoms with Crippen LogP contribution in [0.1, 0.15) is 0 Å². The van der Waals surface area contributed by atoms with Crippen molar-refractivity contribution < 1.29 is 24.9 Å². The molecular weight excluding hydrogens is 164 g/mol. The van der Waals surface area contributed by atoms with Gasteiger partial charge in [-0.15, -0.1) is 0 Å². The Morgan fingerprint density at radius 3 is 2.50 bits per heavy atom. The van der Waals surface area contributed by atoms with Crippen LogP contribution in [0.3, 0.4) is 0 Å². The number of carbonyl (C=O) groups excluding carboxylic acids is 1. The summed E-state index contributed by atoms with van der Waals surface area (Å²) in [5, 5.41) is 26.8. The summed E-state index contributed by atoms with van der Waals surface area (Å²) in [5.41, 5.74) is 0.115. The minimum absolute atomic E-state index is 0.115. The number of esters is 1. The van der Waals surface area contributed by atoms with E-state index >= 15 is 0 Å². The van der Waals surface area contributed by atoms with Crippen LogP contribution >= 0.6 is 0 Å². The monoisotopic (exact) mass is 174 g/mol. The van der Waals surface area contributed by atoms with E-state index < -0.39 is 30.9 Å². The second-order valence-electron chi connectivity index (χ2n) is 2.57. The smallest absolute Gasteiger partial charge is 0.338 e. The lowest BCUT2D eigenvalue weighted by Crippen LogP contribution is -2.48. The Bertz CT molecular complexity index is 208. The molecule has 1 aliphatic heterocycles. The van der Waals surface area contributed by atoms with E-state index in [4.69, 9.17) is 15.3 Å². The number of rotatable bonds is 1. The minimum atomic E-state index is -1.58. The fourth-order valence-electron chi connectivity index (χ4n) is 0.962. The lowest BCUT2D eigenvalue weighted by Gasteiger charge is -2.30. The summed E-state index contributed by atoms with van der Waals surface area (Å²) in [6, 6.07) is 0. The molecule has 0 aromatic heterocycles. The Morgan fingerprint density at radius 1 is 1.42 bits per heavy atom. The van der Waals surface area contributed by atoms with Crippen molar-refractivity contribution in [1.29, 1.82) is 0 Å². The van der Waals surface area contributed by atoms with Gasteiger partial charge in [0.05, 0.1) is 6.61 Å². The van der Waals surface area contributed by atoms with Crippen molar-refractivity contribution in [2.24, 2.45) is 0 Å². The predicted molar refractivity (Wildman–Crippen MR) is 38.1 cm³/mol. The van der Waals surface area contributed by atoms with Crippen LogP contribution in [0.5, 0.6) is 0 Å². The summed E-state index contributed by atoms with van der Waals surface area (Å²) in [4.78, 5) is 10.7. The van der Waals surface area contributed by atoms with E-state index in [0.717, 1.165) is 0 Å². The molecule has 12 heavy (non-hydrogen) atoms. The molecule has 0 aliphatic carbocycles. The fraction of sp³-hybridized carbons (Fsp3) is 0.571. The quantitative estimate of drug-likeness (QED) is 0.322. The second-order valence-corrected chi connectivity index (χ2v) is 2.57. The number of ether oxygens (including phenoxy) is 1. The molecule has 5 heteroatoms.